The molecule has 0 bridgehead atoms. The summed E-state index contributed by atoms with van der Waals surface area (Å²) in [6.07, 6.45) is 4.91. The third kappa shape index (κ3) is 2.43. The summed E-state index contributed by atoms with van der Waals surface area (Å²) >= 11 is 0. The van der Waals surface area contributed by atoms with Crippen LogP contribution in [0.1, 0.15) is 42.7 Å². The molecule has 2 aromatic rings. The lowest BCUT2D eigenvalue weighted by molar-refractivity contribution is 0.0735. The number of carbonyl (C=O) groups is 1. The second-order valence-corrected chi connectivity index (χ2v) is 5.60. The lowest BCUT2D eigenvalue weighted by Gasteiger charge is -2.36. The number of aliphatic hydroxyl groups excluding tert-OH is 1. The van der Waals surface area contributed by atoms with Gasteiger partial charge < -0.3 is 14.8 Å². The number of aliphatic hydroxyl groups is 1. The SMILES string of the molecule is O=C(NC1(CO)CCCCC1)c1cc2ccccc2o1. The Kier molecular flexibility index (Phi) is 3.49. The molecule has 106 valence electrons. The van der Waals surface area contributed by atoms with E-state index < -0.39 is 5.54 Å². The van der Waals surface area contributed by atoms with Gasteiger partial charge in [0.1, 0.15) is 5.58 Å². The zero-order valence-corrected chi connectivity index (χ0v) is 11.4. The maximum Gasteiger partial charge on any atom is 0.287 e. The van der Waals surface area contributed by atoms with Gasteiger partial charge in [0.05, 0.1) is 12.1 Å². The lowest BCUT2D eigenvalue weighted by atomic mass is 9.82. The van der Waals surface area contributed by atoms with Gasteiger partial charge in [-0.1, -0.05) is 37.5 Å². The van der Waals surface area contributed by atoms with E-state index in [4.69, 9.17) is 4.42 Å². The third-order valence-corrected chi connectivity index (χ3v) is 4.14. The third-order valence-electron chi connectivity index (χ3n) is 4.14. The number of hydrogen-bond donors (Lipinski definition) is 2. The van der Waals surface area contributed by atoms with Crippen molar-refractivity contribution in [3.63, 3.8) is 0 Å². The maximum atomic E-state index is 12.3. The average molecular weight is 273 g/mol. The Morgan fingerprint density at radius 3 is 2.70 bits per heavy atom. The molecule has 1 fully saturated rings. The highest BCUT2D eigenvalue weighted by atomic mass is 16.3. The van der Waals surface area contributed by atoms with E-state index in [1.807, 2.05) is 24.3 Å². The van der Waals surface area contributed by atoms with Crippen LogP contribution in [0.5, 0.6) is 0 Å². The normalized spacial score (nSPS) is 18.1. The first-order chi connectivity index (χ1) is 9.72. The molecule has 1 aliphatic carbocycles. The minimum Gasteiger partial charge on any atom is -0.451 e. The molecule has 1 aliphatic rings. The number of carbonyl (C=O) groups excluding carboxylic acids is 1. The first-order valence-electron chi connectivity index (χ1n) is 7.14. The van der Waals surface area contributed by atoms with Crippen molar-refractivity contribution >= 4 is 16.9 Å². The summed E-state index contributed by atoms with van der Waals surface area (Å²) in [5.74, 6) is 0.0711. The quantitative estimate of drug-likeness (QED) is 0.904. The van der Waals surface area contributed by atoms with Crippen LogP contribution in [0, 0.1) is 0 Å². The summed E-state index contributed by atoms with van der Waals surface area (Å²) in [7, 11) is 0. The Labute approximate surface area is 117 Å². The second-order valence-electron chi connectivity index (χ2n) is 5.60. The van der Waals surface area contributed by atoms with Gasteiger partial charge in [0.25, 0.3) is 5.91 Å². The first kappa shape index (κ1) is 13.2. The van der Waals surface area contributed by atoms with Crippen LogP contribution in [0.2, 0.25) is 0 Å². The van der Waals surface area contributed by atoms with Crippen LogP contribution in [-0.4, -0.2) is 23.2 Å². The summed E-state index contributed by atoms with van der Waals surface area (Å²) < 4.78 is 5.57. The molecule has 4 nitrogen and oxygen atoms in total. The highest BCUT2D eigenvalue weighted by Gasteiger charge is 2.33. The molecule has 0 spiro atoms. The van der Waals surface area contributed by atoms with Crippen LogP contribution in [0.3, 0.4) is 0 Å². The van der Waals surface area contributed by atoms with Crippen LogP contribution < -0.4 is 5.32 Å². The average Bonchev–Trinajstić information content (AvgIpc) is 2.92. The van der Waals surface area contributed by atoms with E-state index >= 15 is 0 Å². The Balaban J connectivity index is 1.81. The molecule has 1 saturated carbocycles. The molecule has 1 aromatic carbocycles. The molecule has 4 heteroatoms. The lowest BCUT2D eigenvalue weighted by Crippen LogP contribution is -2.52. The van der Waals surface area contributed by atoms with Crippen molar-refractivity contribution in [1.82, 2.24) is 5.32 Å². The van der Waals surface area contributed by atoms with Gasteiger partial charge in [-0.05, 0) is 25.0 Å². The Morgan fingerprint density at radius 2 is 2.00 bits per heavy atom. The first-order valence-corrected chi connectivity index (χ1v) is 7.14. The number of rotatable bonds is 3. The molecule has 20 heavy (non-hydrogen) atoms. The number of benzene rings is 1. The van der Waals surface area contributed by atoms with Crippen molar-refractivity contribution in [3.8, 4) is 0 Å². The van der Waals surface area contributed by atoms with Gasteiger partial charge in [-0.2, -0.15) is 0 Å². The van der Waals surface area contributed by atoms with E-state index in [0.717, 1.165) is 31.1 Å². The molecule has 1 heterocycles. The van der Waals surface area contributed by atoms with Crippen molar-refractivity contribution in [3.05, 3.63) is 36.1 Å². The summed E-state index contributed by atoms with van der Waals surface area (Å²) in [6.45, 7) is -0.0149. The molecule has 0 unspecified atom stereocenters. The van der Waals surface area contributed by atoms with Crippen LogP contribution in [0.4, 0.5) is 0 Å². The molecule has 1 amide bonds. The molecule has 0 aliphatic heterocycles. The maximum absolute atomic E-state index is 12.3. The fourth-order valence-electron chi connectivity index (χ4n) is 2.95. The predicted octanol–water partition coefficient (Wildman–Crippen LogP) is 2.86. The monoisotopic (exact) mass is 273 g/mol. The van der Waals surface area contributed by atoms with E-state index in [-0.39, 0.29) is 12.5 Å². The Bertz CT molecular complexity index is 578. The minimum atomic E-state index is -0.478. The smallest absolute Gasteiger partial charge is 0.287 e. The van der Waals surface area contributed by atoms with E-state index in [9.17, 15) is 9.90 Å². The van der Waals surface area contributed by atoms with Crippen molar-refractivity contribution in [1.29, 1.82) is 0 Å². The number of amides is 1. The molecule has 1 aromatic heterocycles. The predicted molar refractivity (Wildman–Crippen MR) is 76.6 cm³/mol. The zero-order valence-electron chi connectivity index (χ0n) is 11.4. The van der Waals surface area contributed by atoms with Crippen LogP contribution in [0.15, 0.2) is 34.7 Å². The van der Waals surface area contributed by atoms with Crippen molar-refractivity contribution < 1.29 is 14.3 Å². The number of para-hydroxylation sites is 1. The topological polar surface area (TPSA) is 62.5 Å². The fraction of sp³-hybridized carbons (Fsp3) is 0.438. The highest BCUT2D eigenvalue weighted by Crippen LogP contribution is 2.28. The summed E-state index contributed by atoms with van der Waals surface area (Å²) in [5.41, 5.74) is 0.230. The van der Waals surface area contributed by atoms with Crippen LogP contribution >= 0.6 is 0 Å². The van der Waals surface area contributed by atoms with Crippen LogP contribution in [-0.2, 0) is 0 Å². The van der Waals surface area contributed by atoms with E-state index in [0.29, 0.717) is 11.3 Å². The second kappa shape index (κ2) is 5.29. The number of furan rings is 1. The number of fused-ring (bicyclic) bond motifs is 1. The largest absolute Gasteiger partial charge is 0.451 e. The minimum absolute atomic E-state index is 0.0149. The molecule has 3 rings (SSSR count). The molecular formula is C16H19NO3. The summed E-state index contributed by atoms with van der Waals surface area (Å²) in [5, 5.41) is 13.5. The van der Waals surface area contributed by atoms with Gasteiger partial charge in [-0.15, -0.1) is 0 Å². The van der Waals surface area contributed by atoms with Gasteiger partial charge in [-0.3, -0.25) is 4.79 Å². The number of hydrogen-bond acceptors (Lipinski definition) is 3. The Morgan fingerprint density at radius 1 is 1.25 bits per heavy atom. The van der Waals surface area contributed by atoms with Crippen LogP contribution in [0.25, 0.3) is 11.0 Å². The summed E-state index contributed by atoms with van der Waals surface area (Å²) in [6, 6.07) is 9.30. The zero-order chi connectivity index (χ0) is 14.0. The van der Waals surface area contributed by atoms with Crippen molar-refractivity contribution in [2.75, 3.05) is 6.61 Å². The van der Waals surface area contributed by atoms with E-state index in [2.05, 4.69) is 5.32 Å². The fourth-order valence-corrected chi connectivity index (χ4v) is 2.95. The van der Waals surface area contributed by atoms with E-state index in [1.165, 1.54) is 6.42 Å². The van der Waals surface area contributed by atoms with Gasteiger partial charge >= 0.3 is 0 Å². The highest BCUT2D eigenvalue weighted by molar-refractivity contribution is 5.96. The molecule has 0 radical (unpaired) electrons. The molecule has 0 saturated heterocycles. The van der Waals surface area contributed by atoms with Gasteiger partial charge in [0.2, 0.25) is 0 Å². The molecule has 2 N–H and O–H groups in total. The van der Waals surface area contributed by atoms with Gasteiger partial charge in [0.15, 0.2) is 5.76 Å². The van der Waals surface area contributed by atoms with Gasteiger partial charge in [0, 0.05) is 5.39 Å². The molecule has 0 atom stereocenters. The van der Waals surface area contributed by atoms with Crippen molar-refractivity contribution in [2.24, 2.45) is 0 Å². The molecular weight excluding hydrogens is 254 g/mol. The summed E-state index contributed by atoms with van der Waals surface area (Å²) in [4.78, 5) is 12.3. The van der Waals surface area contributed by atoms with Gasteiger partial charge in [-0.25, -0.2) is 0 Å². The Hall–Kier alpha value is -1.81. The standard InChI is InChI=1S/C16H19NO3/c18-11-16(8-4-1-5-9-16)17-15(19)14-10-12-6-2-3-7-13(12)20-14/h2-3,6-7,10,18H,1,4-5,8-9,11H2,(H,17,19). The number of nitrogens with one attached hydrogen (secondary N) is 1. The van der Waals surface area contributed by atoms with Crippen molar-refractivity contribution in [2.45, 2.75) is 37.6 Å². The van der Waals surface area contributed by atoms with E-state index in [1.54, 1.807) is 6.07 Å².